The molecule has 108 valence electrons. The monoisotopic (exact) mass is 273 g/mol. The molecule has 2 rings (SSSR count). The second-order valence-electron chi connectivity index (χ2n) is 4.83. The van der Waals surface area contributed by atoms with Gasteiger partial charge in [0, 0.05) is 37.8 Å². The van der Waals surface area contributed by atoms with E-state index in [0.717, 1.165) is 30.6 Å². The van der Waals surface area contributed by atoms with E-state index in [1.807, 2.05) is 12.3 Å². The van der Waals surface area contributed by atoms with Gasteiger partial charge in [0.05, 0.1) is 12.1 Å². The Morgan fingerprint density at radius 2 is 2.20 bits per heavy atom. The zero-order valence-electron chi connectivity index (χ0n) is 12.2. The lowest BCUT2D eigenvalue weighted by atomic mass is 10.0. The largest absolute Gasteiger partial charge is 0.383 e. The van der Waals surface area contributed by atoms with Gasteiger partial charge < -0.3 is 10.5 Å². The Hall–Kier alpha value is -1.49. The van der Waals surface area contributed by atoms with Crippen molar-refractivity contribution in [2.75, 3.05) is 33.4 Å². The summed E-state index contributed by atoms with van der Waals surface area (Å²) in [7, 11) is 1.73. The van der Waals surface area contributed by atoms with Crippen LogP contribution in [-0.4, -0.2) is 43.2 Å². The van der Waals surface area contributed by atoms with Gasteiger partial charge >= 0.3 is 0 Å². The summed E-state index contributed by atoms with van der Waals surface area (Å²) in [6, 6.07) is 10.7. The van der Waals surface area contributed by atoms with Crippen LogP contribution in [-0.2, 0) is 4.74 Å². The van der Waals surface area contributed by atoms with Gasteiger partial charge in [-0.05, 0) is 30.3 Å². The number of nitrogens with zero attached hydrogens (tertiary/aromatic N) is 2. The Balaban J connectivity index is 2.27. The van der Waals surface area contributed by atoms with E-state index in [9.17, 15) is 0 Å². The minimum atomic E-state index is 0.222. The fourth-order valence-corrected chi connectivity index (χ4v) is 2.54. The van der Waals surface area contributed by atoms with Crippen molar-refractivity contribution in [2.24, 2.45) is 5.73 Å². The maximum atomic E-state index is 6.00. The first-order valence-electron chi connectivity index (χ1n) is 7.08. The lowest BCUT2D eigenvalue weighted by molar-refractivity contribution is 0.126. The molecule has 0 bridgehead atoms. The van der Waals surface area contributed by atoms with Gasteiger partial charge in [0.1, 0.15) is 0 Å². The summed E-state index contributed by atoms with van der Waals surface area (Å²) >= 11 is 0. The van der Waals surface area contributed by atoms with Crippen LogP contribution in [0.1, 0.15) is 18.5 Å². The predicted molar refractivity (Wildman–Crippen MR) is 82.7 cm³/mol. The third-order valence-corrected chi connectivity index (χ3v) is 3.66. The van der Waals surface area contributed by atoms with Gasteiger partial charge in [-0.3, -0.25) is 9.88 Å². The van der Waals surface area contributed by atoms with Gasteiger partial charge in [-0.2, -0.15) is 0 Å². The quantitative estimate of drug-likeness (QED) is 0.840. The first kappa shape index (κ1) is 14.9. The maximum Gasteiger partial charge on any atom is 0.0702 e. The molecule has 0 fully saturated rings. The summed E-state index contributed by atoms with van der Waals surface area (Å²) in [5.41, 5.74) is 8.26. The van der Waals surface area contributed by atoms with E-state index in [0.29, 0.717) is 6.54 Å². The molecule has 4 heteroatoms. The predicted octanol–water partition coefficient (Wildman–Crippen LogP) is 2.20. The summed E-state index contributed by atoms with van der Waals surface area (Å²) in [5, 5.41) is 1.16. The molecule has 20 heavy (non-hydrogen) atoms. The lowest BCUT2D eigenvalue weighted by Gasteiger charge is -2.30. The van der Waals surface area contributed by atoms with Crippen LogP contribution < -0.4 is 5.73 Å². The first-order chi connectivity index (χ1) is 9.80. The Bertz CT molecular complexity index is 544. The summed E-state index contributed by atoms with van der Waals surface area (Å²) in [6.45, 7) is 5.32. The molecule has 0 amide bonds. The SMILES string of the molecule is CCN(CCOC)C(CN)c1ccc2ncccc2c1. The van der Waals surface area contributed by atoms with Crippen LogP contribution in [0.5, 0.6) is 0 Å². The number of rotatable bonds is 7. The number of benzene rings is 1. The van der Waals surface area contributed by atoms with E-state index in [1.54, 1.807) is 7.11 Å². The number of methoxy groups -OCH3 is 1. The van der Waals surface area contributed by atoms with E-state index >= 15 is 0 Å². The highest BCUT2D eigenvalue weighted by molar-refractivity contribution is 5.79. The topological polar surface area (TPSA) is 51.4 Å². The van der Waals surface area contributed by atoms with E-state index in [2.05, 4.69) is 41.1 Å². The molecule has 1 aromatic carbocycles. The Kier molecular flexibility index (Phi) is 5.47. The molecule has 1 heterocycles. The van der Waals surface area contributed by atoms with Crippen molar-refractivity contribution in [3.63, 3.8) is 0 Å². The molecule has 1 atom stereocenters. The van der Waals surface area contributed by atoms with Gasteiger partial charge in [-0.1, -0.05) is 19.1 Å². The van der Waals surface area contributed by atoms with Crippen molar-refractivity contribution in [3.05, 3.63) is 42.1 Å². The van der Waals surface area contributed by atoms with Crippen molar-refractivity contribution >= 4 is 10.9 Å². The van der Waals surface area contributed by atoms with Crippen LogP contribution >= 0.6 is 0 Å². The fraction of sp³-hybridized carbons (Fsp3) is 0.438. The van der Waals surface area contributed by atoms with E-state index in [1.165, 1.54) is 5.56 Å². The number of pyridine rings is 1. The number of aromatic nitrogens is 1. The van der Waals surface area contributed by atoms with Crippen LogP contribution in [0.25, 0.3) is 10.9 Å². The second kappa shape index (κ2) is 7.33. The number of ether oxygens (including phenoxy) is 1. The summed E-state index contributed by atoms with van der Waals surface area (Å²) < 4.78 is 5.18. The molecule has 0 saturated carbocycles. The van der Waals surface area contributed by atoms with Gasteiger partial charge in [0.25, 0.3) is 0 Å². The van der Waals surface area contributed by atoms with E-state index < -0.39 is 0 Å². The summed E-state index contributed by atoms with van der Waals surface area (Å²) in [4.78, 5) is 6.71. The minimum Gasteiger partial charge on any atom is -0.383 e. The van der Waals surface area contributed by atoms with Crippen LogP contribution in [0.15, 0.2) is 36.5 Å². The average Bonchev–Trinajstić information content (AvgIpc) is 2.51. The van der Waals surface area contributed by atoms with Crippen LogP contribution in [0.2, 0.25) is 0 Å². The Morgan fingerprint density at radius 3 is 2.90 bits per heavy atom. The highest BCUT2D eigenvalue weighted by atomic mass is 16.5. The number of hydrogen-bond acceptors (Lipinski definition) is 4. The molecule has 0 aliphatic heterocycles. The van der Waals surface area contributed by atoms with Crippen molar-refractivity contribution in [1.82, 2.24) is 9.88 Å². The van der Waals surface area contributed by atoms with Crippen LogP contribution in [0.4, 0.5) is 0 Å². The number of likely N-dealkylation sites (N-methyl/N-ethyl adjacent to an activating group) is 1. The van der Waals surface area contributed by atoms with Crippen molar-refractivity contribution in [3.8, 4) is 0 Å². The van der Waals surface area contributed by atoms with E-state index in [-0.39, 0.29) is 6.04 Å². The highest BCUT2D eigenvalue weighted by Crippen LogP contribution is 2.23. The normalized spacial score (nSPS) is 13.0. The molecule has 0 spiro atoms. The molecule has 1 unspecified atom stereocenters. The van der Waals surface area contributed by atoms with Crippen LogP contribution in [0.3, 0.4) is 0 Å². The second-order valence-corrected chi connectivity index (χ2v) is 4.83. The maximum absolute atomic E-state index is 6.00. The third-order valence-electron chi connectivity index (χ3n) is 3.66. The zero-order valence-corrected chi connectivity index (χ0v) is 12.2. The van der Waals surface area contributed by atoms with Crippen molar-refractivity contribution in [1.29, 1.82) is 0 Å². The molecule has 0 aliphatic carbocycles. The molecule has 1 aromatic heterocycles. The minimum absolute atomic E-state index is 0.222. The molecule has 0 aliphatic rings. The average molecular weight is 273 g/mol. The number of hydrogen-bond donors (Lipinski definition) is 1. The van der Waals surface area contributed by atoms with Gasteiger partial charge in [0.2, 0.25) is 0 Å². The standard InChI is InChI=1S/C16H23N3O/c1-3-19(9-10-20-2)16(12-17)14-6-7-15-13(11-14)5-4-8-18-15/h4-8,11,16H,3,9-10,12,17H2,1-2H3. The van der Waals surface area contributed by atoms with Gasteiger partial charge in [-0.15, -0.1) is 0 Å². The molecule has 0 radical (unpaired) electrons. The molecule has 0 saturated heterocycles. The Labute approximate surface area is 120 Å². The molecule has 4 nitrogen and oxygen atoms in total. The van der Waals surface area contributed by atoms with Crippen molar-refractivity contribution in [2.45, 2.75) is 13.0 Å². The Morgan fingerprint density at radius 1 is 1.35 bits per heavy atom. The first-order valence-corrected chi connectivity index (χ1v) is 7.08. The smallest absolute Gasteiger partial charge is 0.0702 e. The zero-order chi connectivity index (χ0) is 14.4. The number of nitrogens with two attached hydrogens (primary N) is 1. The highest BCUT2D eigenvalue weighted by Gasteiger charge is 2.17. The van der Waals surface area contributed by atoms with Crippen molar-refractivity contribution < 1.29 is 4.74 Å². The van der Waals surface area contributed by atoms with Gasteiger partial charge in [0.15, 0.2) is 0 Å². The summed E-state index contributed by atoms with van der Waals surface area (Å²) in [5.74, 6) is 0. The fourth-order valence-electron chi connectivity index (χ4n) is 2.54. The van der Waals surface area contributed by atoms with E-state index in [4.69, 9.17) is 10.5 Å². The molecular weight excluding hydrogens is 250 g/mol. The molecule has 2 N–H and O–H groups in total. The van der Waals surface area contributed by atoms with Crippen LogP contribution in [0, 0.1) is 0 Å². The number of fused-ring (bicyclic) bond motifs is 1. The summed E-state index contributed by atoms with van der Waals surface area (Å²) in [6.07, 6.45) is 1.82. The molecule has 2 aromatic rings. The third kappa shape index (κ3) is 3.33. The van der Waals surface area contributed by atoms with Gasteiger partial charge in [-0.25, -0.2) is 0 Å². The molecular formula is C16H23N3O. The lowest BCUT2D eigenvalue weighted by Crippen LogP contribution is -2.36.